The van der Waals surface area contributed by atoms with E-state index < -0.39 is 9.84 Å². The highest BCUT2D eigenvalue weighted by Crippen LogP contribution is 2.32. The van der Waals surface area contributed by atoms with Crippen molar-refractivity contribution in [1.82, 2.24) is 9.88 Å². The lowest BCUT2D eigenvalue weighted by Gasteiger charge is -2.26. The van der Waals surface area contributed by atoms with Crippen LogP contribution in [-0.4, -0.2) is 57.7 Å². The summed E-state index contributed by atoms with van der Waals surface area (Å²) in [4.78, 5) is 6.83. The average molecular weight is 428 g/mol. The highest BCUT2D eigenvalue weighted by atomic mass is 32.2. The van der Waals surface area contributed by atoms with Gasteiger partial charge >= 0.3 is 0 Å². The molecular weight excluding hydrogens is 402 g/mol. The van der Waals surface area contributed by atoms with Gasteiger partial charge in [0.15, 0.2) is 0 Å². The van der Waals surface area contributed by atoms with Crippen LogP contribution in [0, 0.1) is 6.92 Å². The molecule has 0 unspecified atom stereocenters. The summed E-state index contributed by atoms with van der Waals surface area (Å²) in [5.74, 6) is 0.450. The van der Waals surface area contributed by atoms with Crippen LogP contribution >= 0.6 is 0 Å². The van der Waals surface area contributed by atoms with E-state index in [0.717, 1.165) is 30.8 Å². The smallest absolute Gasteiger partial charge is 0.233 e. The predicted octanol–water partition coefficient (Wildman–Crippen LogP) is 3.23. The van der Waals surface area contributed by atoms with Crippen molar-refractivity contribution < 1.29 is 17.6 Å². The fraction of sp³-hybridized carbons (Fsp3) is 0.318. The van der Waals surface area contributed by atoms with Crippen molar-refractivity contribution in [2.24, 2.45) is 0 Å². The number of morpholine rings is 1. The maximum Gasteiger partial charge on any atom is 0.233 e. The van der Waals surface area contributed by atoms with Gasteiger partial charge in [-0.25, -0.2) is 8.42 Å². The van der Waals surface area contributed by atoms with Crippen molar-refractivity contribution in [1.29, 1.82) is 0 Å². The molecule has 158 valence electrons. The van der Waals surface area contributed by atoms with Crippen molar-refractivity contribution in [3.63, 3.8) is 0 Å². The standard InChI is InChI=1S/C22H25N3O4S/c1-17-6-5-7-18(16-17)20-24-22(30(26,27)19-8-3-2-4-9-19)21(29-20)23-10-11-25-12-14-28-15-13-25/h2-9,16,23H,10-15H2,1H3. The molecule has 30 heavy (non-hydrogen) atoms. The zero-order chi connectivity index (χ0) is 21.0. The van der Waals surface area contributed by atoms with Crippen molar-refractivity contribution in [2.45, 2.75) is 16.8 Å². The quantitative estimate of drug-likeness (QED) is 0.620. The monoisotopic (exact) mass is 427 g/mol. The lowest BCUT2D eigenvalue weighted by molar-refractivity contribution is 0.0398. The van der Waals surface area contributed by atoms with Crippen molar-refractivity contribution >= 4 is 15.7 Å². The van der Waals surface area contributed by atoms with Gasteiger partial charge < -0.3 is 14.5 Å². The summed E-state index contributed by atoms with van der Waals surface area (Å²) in [7, 11) is -3.82. The van der Waals surface area contributed by atoms with Gasteiger partial charge in [-0.3, -0.25) is 4.90 Å². The molecule has 7 nitrogen and oxygen atoms in total. The van der Waals surface area contributed by atoms with E-state index in [1.807, 2.05) is 31.2 Å². The van der Waals surface area contributed by atoms with E-state index in [-0.39, 0.29) is 21.7 Å². The number of sulfone groups is 1. The Labute approximate surface area is 176 Å². The van der Waals surface area contributed by atoms with Gasteiger partial charge in [0.1, 0.15) is 0 Å². The molecular formula is C22H25N3O4S. The molecule has 1 aliphatic rings. The summed E-state index contributed by atoms with van der Waals surface area (Å²) < 4.78 is 37.8. The minimum atomic E-state index is -3.82. The molecule has 1 fully saturated rings. The van der Waals surface area contributed by atoms with E-state index >= 15 is 0 Å². The summed E-state index contributed by atoms with van der Waals surface area (Å²) in [6, 6.07) is 15.9. The van der Waals surface area contributed by atoms with E-state index in [1.54, 1.807) is 30.3 Å². The van der Waals surface area contributed by atoms with E-state index in [4.69, 9.17) is 9.15 Å². The zero-order valence-corrected chi connectivity index (χ0v) is 17.7. The van der Waals surface area contributed by atoms with Crippen molar-refractivity contribution in [2.75, 3.05) is 44.7 Å². The Morgan fingerprint density at radius 3 is 2.57 bits per heavy atom. The summed E-state index contributed by atoms with van der Waals surface area (Å²) in [5, 5.41) is 3.06. The summed E-state index contributed by atoms with van der Waals surface area (Å²) in [6.45, 7) is 6.43. The molecule has 0 spiro atoms. The third-order valence-corrected chi connectivity index (χ3v) is 6.66. The maximum atomic E-state index is 13.2. The Morgan fingerprint density at radius 2 is 1.83 bits per heavy atom. The average Bonchev–Trinajstić information content (AvgIpc) is 3.20. The SMILES string of the molecule is Cc1cccc(-c2nc(S(=O)(=O)c3ccccc3)c(NCCN3CCOCC3)o2)c1. The molecule has 1 N–H and O–H groups in total. The Hall–Kier alpha value is -2.68. The molecule has 1 saturated heterocycles. The van der Waals surface area contributed by atoms with Crippen LogP contribution in [0.1, 0.15) is 5.56 Å². The highest BCUT2D eigenvalue weighted by Gasteiger charge is 2.28. The van der Waals surface area contributed by atoms with Gasteiger partial charge in [-0.15, -0.1) is 0 Å². The molecule has 4 rings (SSSR count). The predicted molar refractivity (Wildman–Crippen MR) is 114 cm³/mol. The molecule has 0 saturated carbocycles. The molecule has 0 bridgehead atoms. The molecule has 3 aromatic rings. The molecule has 1 aromatic heterocycles. The first-order valence-electron chi connectivity index (χ1n) is 9.96. The van der Waals surface area contributed by atoms with Crippen LogP contribution < -0.4 is 5.32 Å². The second-order valence-electron chi connectivity index (χ2n) is 7.22. The van der Waals surface area contributed by atoms with Crippen LogP contribution in [0.2, 0.25) is 0 Å². The van der Waals surface area contributed by atoms with Gasteiger partial charge in [0.05, 0.1) is 18.1 Å². The Kier molecular flexibility index (Phi) is 6.17. The molecule has 0 atom stereocenters. The van der Waals surface area contributed by atoms with Gasteiger partial charge in [0, 0.05) is 31.7 Å². The second kappa shape index (κ2) is 8.99. The third-order valence-electron chi connectivity index (χ3n) is 4.99. The van der Waals surface area contributed by atoms with E-state index in [0.29, 0.717) is 19.8 Å². The first kappa shape index (κ1) is 20.6. The summed E-state index contributed by atoms with van der Waals surface area (Å²) in [5.41, 5.74) is 1.78. The summed E-state index contributed by atoms with van der Waals surface area (Å²) >= 11 is 0. The van der Waals surface area contributed by atoms with Gasteiger partial charge in [-0.2, -0.15) is 4.98 Å². The topological polar surface area (TPSA) is 84.7 Å². The minimum absolute atomic E-state index is 0.0906. The largest absolute Gasteiger partial charge is 0.419 e. The maximum absolute atomic E-state index is 13.2. The fourth-order valence-corrected chi connectivity index (χ4v) is 4.66. The molecule has 2 heterocycles. The number of hydrogen-bond acceptors (Lipinski definition) is 7. The number of hydrogen-bond donors (Lipinski definition) is 1. The second-order valence-corrected chi connectivity index (χ2v) is 9.09. The molecule has 1 aliphatic heterocycles. The zero-order valence-electron chi connectivity index (χ0n) is 16.9. The number of oxazole rings is 1. The van der Waals surface area contributed by atoms with Crippen molar-refractivity contribution in [3.8, 4) is 11.5 Å². The fourth-order valence-electron chi connectivity index (χ4n) is 3.37. The third kappa shape index (κ3) is 4.56. The van der Waals surface area contributed by atoms with Crippen LogP contribution in [-0.2, 0) is 14.6 Å². The number of benzene rings is 2. The van der Waals surface area contributed by atoms with Crippen LogP contribution in [0.15, 0.2) is 68.9 Å². The van der Waals surface area contributed by atoms with Crippen molar-refractivity contribution in [3.05, 3.63) is 60.2 Å². The lowest BCUT2D eigenvalue weighted by Crippen LogP contribution is -2.39. The Morgan fingerprint density at radius 1 is 1.07 bits per heavy atom. The number of rotatable bonds is 7. The van der Waals surface area contributed by atoms with Crippen LogP contribution in [0.5, 0.6) is 0 Å². The number of anilines is 1. The molecule has 0 amide bonds. The van der Waals surface area contributed by atoms with Gasteiger partial charge in [-0.1, -0.05) is 35.9 Å². The molecule has 2 aromatic carbocycles. The van der Waals surface area contributed by atoms with E-state index in [2.05, 4.69) is 15.2 Å². The number of nitrogens with zero attached hydrogens (tertiary/aromatic N) is 2. The number of ether oxygens (including phenoxy) is 1. The Balaban J connectivity index is 1.64. The molecule has 0 radical (unpaired) electrons. The van der Waals surface area contributed by atoms with Gasteiger partial charge in [0.2, 0.25) is 26.6 Å². The van der Waals surface area contributed by atoms with Gasteiger partial charge in [-0.05, 0) is 31.2 Å². The van der Waals surface area contributed by atoms with E-state index in [1.165, 1.54) is 0 Å². The van der Waals surface area contributed by atoms with E-state index in [9.17, 15) is 8.42 Å². The lowest BCUT2D eigenvalue weighted by atomic mass is 10.1. The normalized spacial score (nSPS) is 15.2. The van der Waals surface area contributed by atoms with Crippen LogP contribution in [0.25, 0.3) is 11.5 Å². The molecule has 8 heteroatoms. The summed E-state index contributed by atoms with van der Waals surface area (Å²) in [6.07, 6.45) is 0. The molecule has 0 aliphatic carbocycles. The number of nitrogens with one attached hydrogen (secondary N) is 1. The first-order valence-corrected chi connectivity index (χ1v) is 11.4. The number of aryl methyl sites for hydroxylation is 1. The Bertz CT molecular complexity index is 1090. The number of aromatic nitrogens is 1. The highest BCUT2D eigenvalue weighted by molar-refractivity contribution is 7.91. The van der Waals surface area contributed by atoms with Gasteiger partial charge in [0.25, 0.3) is 0 Å². The first-order chi connectivity index (χ1) is 14.5. The van der Waals surface area contributed by atoms with Crippen LogP contribution in [0.3, 0.4) is 0 Å². The van der Waals surface area contributed by atoms with Crippen LogP contribution in [0.4, 0.5) is 5.88 Å². The minimum Gasteiger partial charge on any atom is -0.419 e.